The van der Waals surface area contributed by atoms with Crippen LogP contribution in [0.4, 0.5) is 13.2 Å². The summed E-state index contributed by atoms with van der Waals surface area (Å²) in [6.45, 7) is 4.54. The average molecular weight is 384 g/mol. The predicted molar refractivity (Wildman–Crippen MR) is 99.6 cm³/mol. The highest BCUT2D eigenvalue weighted by atomic mass is 32.1. The van der Waals surface area contributed by atoms with Crippen molar-refractivity contribution in [1.82, 2.24) is 15.6 Å². The van der Waals surface area contributed by atoms with E-state index in [0.717, 1.165) is 30.0 Å². The molecule has 0 aliphatic carbocycles. The van der Waals surface area contributed by atoms with E-state index in [-0.39, 0.29) is 6.04 Å². The van der Waals surface area contributed by atoms with E-state index in [2.05, 4.69) is 27.5 Å². The fourth-order valence-electron chi connectivity index (χ4n) is 2.38. The molecule has 1 atom stereocenters. The lowest BCUT2D eigenvalue weighted by molar-refractivity contribution is -0.137. The first kappa shape index (κ1) is 20.2. The quantitative estimate of drug-likeness (QED) is 0.580. The molecule has 8 heteroatoms. The molecule has 1 aromatic carbocycles. The molecule has 26 heavy (non-hydrogen) atoms. The maximum atomic E-state index is 12.9. The van der Waals surface area contributed by atoms with E-state index in [1.165, 1.54) is 10.9 Å². The molecule has 1 unspecified atom stereocenters. The number of rotatable bonds is 6. The molecule has 0 saturated carbocycles. The smallest absolute Gasteiger partial charge is 0.356 e. The van der Waals surface area contributed by atoms with Gasteiger partial charge in [0.25, 0.3) is 0 Å². The fraction of sp³-hybridized carbons (Fsp3) is 0.444. The van der Waals surface area contributed by atoms with Crippen LogP contribution in [0.2, 0.25) is 0 Å². The van der Waals surface area contributed by atoms with Gasteiger partial charge in [-0.3, -0.25) is 4.99 Å². The Kier molecular flexibility index (Phi) is 7.02. The van der Waals surface area contributed by atoms with Gasteiger partial charge in [0, 0.05) is 31.1 Å². The van der Waals surface area contributed by atoms with Crippen LogP contribution in [0, 0.1) is 0 Å². The Morgan fingerprint density at radius 2 is 2.12 bits per heavy atom. The highest BCUT2D eigenvalue weighted by Crippen LogP contribution is 2.30. The molecule has 0 saturated heterocycles. The van der Waals surface area contributed by atoms with Crippen LogP contribution in [0.5, 0.6) is 0 Å². The van der Waals surface area contributed by atoms with Gasteiger partial charge in [0.05, 0.1) is 16.6 Å². The van der Waals surface area contributed by atoms with E-state index in [1.807, 2.05) is 6.20 Å². The molecule has 0 bridgehead atoms. The number of guanidine groups is 1. The SMILES string of the molecule is CCc1cnc(CCNC(=NC)NC(C)c2cccc(C(F)(F)F)c2)s1. The van der Waals surface area contributed by atoms with Crippen molar-refractivity contribution < 1.29 is 13.2 Å². The Bertz CT molecular complexity index is 740. The third kappa shape index (κ3) is 5.72. The largest absolute Gasteiger partial charge is 0.416 e. The Hall–Kier alpha value is -2.09. The van der Waals surface area contributed by atoms with Crippen molar-refractivity contribution in [3.05, 3.63) is 51.5 Å². The van der Waals surface area contributed by atoms with E-state index >= 15 is 0 Å². The van der Waals surface area contributed by atoms with Crippen LogP contribution in [0.15, 0.2) is 35.5 Å². The number of hydrogen-bond donors (Lipinski definition) is 2. The maximum absolute atomic E-state index is 12.9. The van der Waals surface area contributed by atoms with Gasteiger partial charge in [-0.05, 0) is 31.0 Å². The Morgan fingerprint density at radius 3 is 2.73 bits per heavy atom. The van der Waals surface area contributed by atoms with Gasteiger partial charge in [0.2, 0.25) is 0 Å². The van der Waals surface area contributed by atoms with Crippen LogP contribution in [0.25, 0.3) is 0 Å². The first-order chi connectivity index (χ1) is 12.3. The summed E-state index contributed by atoms with van der Waals surface area (Å²) in [7, 11) is 1.63. The van der Waals surface area contributed by atoms with Crippen molar-refractivity contribution in [2.75, 3.05) is 13.6 Å². The molecule has 0 fully saturated rings. The van der Waals surface area contributed by atoms with E-state index in [0.29, 0.717) is 18.1 Å². The molecule has 0 radical (unpaired) electrons. The van der Waals surface area contributed by atoms with Crippen molar-refractivity contribution in [3.63, 3.8) is 0 Å². The molecule has 142 valence electrons. The second-order valence-corrected chi connectivity index (χ2v) is 7.01. The number of thiazole rings is 1. The van der Waals surface area contributed by atoms with Gasteiger partial charge in [-0.15, -0.1) is 11.3 Å². The molecule has 2 aromatic rings. The summed E-state index contributed by atoms with van der Waals surface area (Å²) in [6.07, 6.45) is -0.713. The van der Waals surface area contributed by atoms with Gasteiger partial charge in [-0.2, -0.15) is 13.2 Å². The molecule has 2 rings (SSSR count). The second kappa shape index (κ2) is 9.02. The van der Waals surface area contributed by atoms with Crippen LogP contribution in [-0.4, -0.2) is 24.5 Å². The van der Waals surface area contributed by atoms with Crippen LogP contribution < -0.4 is 10.6 Å². The number of nitrogens with zero attached hydrogens (tertiary/aromatic N) is 2. The number of aliphatic imine (C=N–C) groups is 1. The number of aromatic nitrogens is 1. The molecule has 2 N–H and O–H groups in total. The van der Waals surface area contributed by atoms with Crippen molar-refractivity contribution in [2.24, 2.45) is 4.99 Å². The molecular weight excluding hydrogens is 361 g/mol. The predicted octanol–water partition coefficient (Wildman–Crippen LogP) is 4.19. The normalized spacial score (nSPS) is 13.5. The zero-order chi connectivity index (χ0) is 19.2. The molecule has 1 heterocycles. The van der Waals surface area contributed by atoms with Crippen LogP contribution in [0.1, 0.15) is 40.9 Å². The molecule has 0 spiro atoms. The summed E-state index contributed by atoms with van der Waals surface area (Å²) in [5, 5.41) is 7.34. The van der Waals surface area contributed by atoms with Crippen LogP contribution in [-0.2, 0) is 19.0 Å². The monoisotopic (exact) mass is 384 g/mol. The van der Waals surface area contributed by atoms with E-state index in [9.17, 15) is 13.2 Å². The summed E-state index contributed by atoms with van der Waals surface area (Å²) in [6, 6.07) is 5.01. The number of halogens is 3. The second-order valence-electron chi connectivity index (χ2n) is 5.81. The standard InChI is InChI=1S/C18H23F3N4S/c1-4-15-11-24-16(26-15)8-9-23-17(22-3)25-12(2)13-6-5-7-14(10-13)18(19,20)21/h5-7,10-12H,4,8-9H2,1-3H3,(H2,22,23,25). The number of benzene rings is 1. The van der Waals surface area contributed by atoms with Crippen LogP contribution in [0.3, 0.4) is 0 Å². The lowest BCUT2D eigenvalue weighted by Crippen LogP contribution is -2.39. The minimum atomic E-state index is -4.35. The molecule has 0 aliphatic heterocycles. The van der Waals surface area contributed by atoms with Crippen molar-refractivity contribution in [2.45, 2.75) is 38.9 Å². The van der Waals surface area contributed by atoms with Gasteiger partial charge in [-0.25, -0.2) is 4.98 Å². The lowest BCUT2D eigenvalue weighted by atomic mass is 10.1. The zero-order valence-corrected chi connectivity index (χ0v) is 15.8. The minimum absolute atomic E-state index is 0.310. The minimum Gasteiger partial charge on any atom is -0.356 e. The van der Waals surface area contributed by atoms with Crippen molar-refractivity contribution in [1.29, 1.82) is 0 Å². The first-order valence-corrected chi connectivity index (χ1v) is 9.23. The third-order valence-electron chi connectivity index (χ3n) is 3.87. The van der Waals surface area contributed by atoms with Gasteiger partial charge >= 0.3 is 6.18 Å². The summed E-state index contributed by atoms with van der Waals surface area (Å²) >= 11 is 1.69. The molecule has 0 aliphatic rings. The van der Waals surface area contributed by atoms with Crippen molar-refractivity contribution >= 4 is 17.3 Å². The summed E-state index contributed by atoms with van der Waals surface area (Å²) in [4.78, 5) is 9.75. The van der Waals surface area contributed by atoms with Gasteiger partial charge in [-0.1, -0.05) is 19.1 Å². The Morgan fingerprint density at radius 1 is 1.35 bits per heavy atom. The topological polar surface area (TPSA) is 49.3 Å². The molecule has 0 amide bonds. The Balaban J connectivity index is 1.90. The Labute approximate surface area is 155 Å². The number of alkyl halides is 3. The van der Waals surface area contributed by atoms with E-state index < -0.39 is 11.7 Å². The molecule has 4 nitrogen and oxygen atoms in total. The summed E-state index contributed by atoms with van der Waals surface area (Å²) in [5.41, 5.74) is -0.0996. The molecular formula is C18H23F3N4S. The van der Waals surface area contributed by atoms with Gasteiger partial charge in [0.1, 0.15) is 0 Å². The lowest BCUT2D eigenvalue weighted by Gasteiger charge is -2.19. The number of hydrogen-bond acceptors (Lipinski definition) is 3. The highest BCUT2D eigenvalue weighted by Gasteiger charge is 2.30. The van der Waals surface area contributed by atoms with E-state index in [1.54, 1.807) is 31.4 Å². The first-order valence-electron chi connectivity index (χ1n) is 8.41. The zero-order valence-electron chi connectivity index (χ0n) is 15.0. The van der Waals surface area contributed by atoms with Gasteiger partial charge < -0.3 is 10.6 Å². The van der Waals surface area contributed by atoms with Gasteiger partial charge in [0.15, 0.2) is 5.96 Å². The average Bonchev–Trinajstić information content (AvgIpc) is 3.08. The maximum Gasteiger partial charge on any atom is 0.416 e. The summed E-state index contributed by atoms with van der Waals surface area (Å²) < 4.78 is 38.6. The van der Waals surface area contributed by atoms with Crippen LogP contribution >= 0.6 is 11.3 Å². The molecule has 1 aromatic heterocycles. The number of aryl methyl sites for hydroxylation is 1. The fourth-order valence-corrected chi connectivity index (χ4v) is 3.24. The highest BCUT2D eigenvalue weighted by molar-refractivity contribution is 7.11. The summed E-state index contributed by atoms with van der Waals surface area (Å²) in [5.74, 6) is 0.544. The third-order valence-corrected chi connectivity index (χ3v) is 5.07. The van der Waals surface area contributed by atoms with Crippen molar-refractivity contribution in [3.8, 4) is 0 Å². The van der Waals surface area contributed by atoms with E-state index in [4.69, 9.17) is 0 Å². The number of nitrogens with one attached hydrogen (secondary N) is 2.